The topological polar surface area (TPSA) is 60.4 Å². The normalized spacial score (nSPS) is 30.8. The summed E-state index contributed by atoms with van der Waals surface area (Å²) in [6.45, 7) is -0.0152. The maximum Gasteiger partial charge on any atom is 1.00 e. The molecule has 0 aliphatic heterocycles. The Kier molecular flexibility index (Phi) is 3.73. The van der Waals surface area contributed by atoms with E-state index in [-0.39, 0.29) is 48.0 Å². The molecule has 0 saturated heterocycles. The van der Waals surface area contributed by atoms with E-state index in [0.29, 0.717) is 6.42 Å². The molecule has 1 aliphatic carbocycles. The number of carbonyl (C=O) groups excluding carboxylic acids is 1. The van der Waals surface area contributed by atoms with Crippen LogP contribution in [0.15, 0.2) is 0 Å². The summed E-state index contributed by atoms with van der Waals surface area (Å²) < 4.78 is 0. The molecule has 1 rings (SSSR count). The van der Waals surface area contributed by atoms with Gasteiger partial charge in [-0.15, -0.1) is 0 Å². The van der Waals surface area contributed by atoms with E-state index in [0.717, 1.165) is 0 Å². The first-order chi connectivity index (χ1) is 3.75. The third-order valence-corrected chi connectivity index (χ3v) is 1.46. The first-order valence-electron chi connectivity index (χ1n) is 2.57. The van der Waals surface area contributed by atoms with Crippen molar-refractivity contribution in [3.8, 4) is 0 Å². The van der Waals surface area contributed by atoms with Gasteiger partial charge in [0.25, 0.3) is 0 Å². The minimum absolute atomic E-state index is 0. The second kappa shape index (κ2) is 3.56. The number of hydrogen-bond donors (Lipinski definition) is 1. The van der Waals surface area contributed by atoms with Crippen molar-refractivity contribution in [1.29, 1.82) is 0 Å². The molecule has 0 heterocycles. The van der Waals surface area contributed by atoms with Crippen molar-refractivity contribution in [2.75, 3.05) is 6.61 Å². The molecule has 46 valence electrons. The van der Waals surface area contributed by atoms with Crippen molar-refractivity contribution in [3.63, 3.8) is 0 Å². The SMILES string of the molecule is O=C([O-])[C@@H]1C[C@H]1CO.[Na+]. The Labute approximate surface area is 75.4 Å². The molecule has 0 unspecified atom stereocenters. The molecule has 3 nitrogen and oxygen atoms in total. The molecular weight excluding hydrogens is 131 g/mol. The van der Waals surface area contributed by atoms with Gasteiger partial charge in [0.2, 0.25) is 0 Å². The number of aliphatic hydroxyl groups is 1. The summed E-state index contributed by atoms with van der Waals surface area (Å²) in [6.07, 6.45) is 0.596. The van der Waals surface area contributed by atoms with Crippen molar-refractivity contribution in [2.24, 2.45) is 11.8 Å². The van der Waals surface area contributed by atoms with Gasteiger partial charge in [-0.3, -0.25) is 0 Å². The van der Waals surface area contributed by atoms with Gasteiger partial charge in [-0.1, -0.05) is 0 Å². The van der Waals surface area contributed by atoms with E-state index in [2.05, 4.69) is 0 Å². The smallest absolute Gasteiger partial charge is 0.550 e. The van der Waals surface area contributed by atoms with Gasteiger partial charge in [0.15, 0.2) is 0 Å². The Morgan fingerprint density at radius 3 is 2.44 bits per heavy atom. The Hall–Kier alpha value is 0.430. The molecule has 0 bridgehead atoms. The minimum Gasteiger partial charge on any atom is -0.550 e. The molecule has 2 atom stereocenters. The van der Waals surface area contributed by atoms with Gasteiger partial charge in [0.05, 0.1) is 0 Å². The van der Waals surface area contributed by atoms with Crippen molar-refractivity contribution in [1.82, 2.24) is 0 Å². The van der Waals surface area contributed by atoms with Crippen LogP contribution in [0, 0.1) is 11.8 Å². The predicted octanol–water partition coefficient (Wildman–Crippen LogP) is -4.63. The molecule has 9 heavy (non-hydrogen) atoms. The van der Waals surface area contributed by atoms with E-state index in [9.17, 15) is 9.90 Å². The molecular formula is C5H7NaO3. The third kappa shape index (κ3) is 2.26. The summed E-state index contributed by atoms with van der Waals surface area (Å²) in [4.78, 5) is 9.91. The molecule has 1 fully saturated rings. The Balaban J connectivity index is 0.000000640. The Morgan fingerprint density at radius 2 is 2.33 bits per heavy atom. The maximum absolute atomic E-state index is 9.91. The van der Waals surface area contributed by atoms with Crippen LogP contribution >= 0.6 is 0 Å². The fourth-order valence-corrected chi connectivity index (χ4v) is 0.738. The summed E-state index contributed by atoms with van der Waals surface area (Å²) >= 11 is 0. The molecule has 1 saturated carbocycles. The van der Waals surface area contributed by atoms with Gasteiger partial charge in [-0.05, 0) is 12.3 Å². The zero-order valence-corrected chi connectivity index (χ0v) is 7.33. The van der Waals surface area contributed by atoms with E-state index >= 15 is 0 Å². The predicted molar refractivity (Wildman–Crippen MR) is 23.7 cm³/mol. The van der Waals surface area contributed by atoms with Crippen LogP contribution < -0.4 is 34.7 Å². The van der Waals surface area contributed by atoms with Crippen LogP contribution in [0.3, 0.4) is 0 Å². The van der Waals surface area contributed by atoms with E-state index < -0.39 is 5.97 Å². The van der Waals surface area contributed by atoms with Crippen LogP contribution in [-0.2, 0) is 4.79 Å². The first kappa shape index (κ1) is 9.43. The number of carboxylic acids is 1. The number of aliphatic carboxylic acids is 1. The molecule has 1 aliphatic rings. The molecule has 0 aromatic heterocycles. The molecule has 0 aromatic carbocycles. The standard InChI is InChI=1S/C5H8O3.Na/c6-2-3-1-4(3)5(7)8;/h3-4,6H,1-2H2,(H,7,8);/q;+1/p-1/t3-,4+;/m0./s1. The van der Waals surface area contributed by atoms with Crippen molar-refractivity contribution in [3.05, 3.63) is 0 Å². The van der Waals surface area contributed by atoms with E-state index in [4.69, 9.17) is 5.11 Å². The second-order valence-corrected chi connectivity index (χ2v) is 2.10. The molecule has 0 spiro atoms. The Morgan fingerprint density at radius 1 is 1.78 bits per heavy atom. The van der Waals surface area contributed by atoms with Gasteiger partial charge >= 0.3 is 29.6 Å². The second-order valence-electron chi connectivity index (χ2n) is 2.10. The Bertz CT molecular complexity index is 115. The molecule has 0 aromatic rings. The summed E-state index contributed by atoms with van der Waals surface area (Å²) in [5.74, 6) is -1.40. The maximum atomic E-state index is 9.91. The number of aliphatic hydroxyl groups excluding tert-OH is 1. The third-order valence-electron chi connectivity index (χ3n) is 1.46. The average Bonchev–Trinajstić information content (AvgIpc) is 2.42. The van der Waals surface area contributed by atoms with E-state index in [1.54, 1.807) is 0 Å². The minimum atomic E-state index is -1.02. The fraction of sp³-hybridized carbons (Fsp3) is 0.800. The monoisotopic (exact) mass is 138 g/mol. The number of carbonyl (C=O) groups is 1. The van der Waals surface area contributed by atoms with Gasteiger partial charge in [-0.2, -0.15) is 0 Å². The van der Waals surface area contributed by atoms with E-state index in [1.807, 2.05) is 0 Å². The zero-order chi connectivity index (χ0) is 6.15. The van der Waals surface area contributed by atoms with Crippen LogP contribution in [0.1, 0.15) is 6.42 Å². The average molecular weight is 138 g/mol. The molecule has 4 heteroatoms. The van der Waals surface area contributed by atoms with Gasteiger partial charge in [0.1, 0.15) is 0 Å². The summed E-state index contributed by atoms with van der Waals surface area (Å²) in [6, 6.07) is 0. The first-order valence-corrected chi connectivity index (χ1v) is 2.57. The van der Waals surface area contributed by atoms with Gasteiger partial charge in [-0.25, -0.2) is 0 Å². The van der Waals surface area contributed by atoms with Crippen molar-refractivity contribution in [2.45, 2.75) is 6.42 Å². The van der Waals surface area contributed by atoms with Crippen LogP contribution in [0.4, 0.5) is 0 Å². The fourth-order valence-electron chi connectivity index (χ4n) is 0.738. The largest absolute Gasteiger partial charge is 1.00 e. The molecule has 1 N–H and O–H groups in total. The van der Waals surface area contributed by atoms with Crippen molar-refractivity contribution >= 4 is 5.97 Å². The van der Waals surface area contributed by atoms with Crippen LogP contribution in [-0.4, -0.2) is 17.7 Å². The summed E-state index contributed by atoms with van der Waals surface area (Å²) in [5.41, 5.74) is 0. The quantitative estimate of drug-likeness (QED) is 0.390. The van der Waals surface area contributed by atoms with Crippen molar-refractivity contribution < 1.29 is 44.6 Å². The van der Waals surface area contributed by atoms with Gasteiger partial charge < -0.3 is 15.0 Å². The van der Waals surface area contributed by atoms with Gasteiger partial charge in [0, 0.05) is 18.5 Å². The summed E-state index contributed by atoms with van der Waals surface area (Å²) in [5, 5.41) is 18.2. The van der Waals surface area contributed by atoms with Crippen LogP contribution in [0.5, 0.6) is 0 Å². The number of rotatable bonds is 2. The number of hydrogen-bond acceptors (Lipinski definition) is 3. The van der Waals surface area contributed by atoms with E-state index in [1.165, 1.54) is 0 Å². The summed E-state index contributed by atoms with van der Waals surface area (Å²) in [7, 11) is 0. The van der Waals surface area contributed by atoms with Crippen LogP contribution in [0.25, 0.3) is 0 Å². The molecule has 0 amide bonds. The molecule has 0 radical (unpaired) electrons. The zero-order valence-electron chi connectivity index (χ0n) is 5.33. The van der Waals surface area contributed by atoms with Crippen LogP contribution in [0.2, 0.25) is 0 Å². The number of carboxylic acid groups (broad SMARTS) is 1.